The Labute approximate surface area is 109 Å². The van der Waals surface area contributed by atoms with Gasteiger partial charge in [0.25, 0.3) is 0 Å². The molecule has 0 aliphatic carbocycles. The fourth-order valence-electron chi connectivity index (χ4n) is 2.57. The number of likely N-dealkylation sites (tertiary alicyclic amines) is 1. The zero-order chi connectivity index (χ0) is 13.0. The quantitative estimate of drug-likeness (QED) is 0.890. The summed E-state index contributed by atoms with van der Waals surface area (Å²) in [4.78, 5) is 2.43. The van der Waals surface area contributed by atoms with E-state index in [0.717, 1.165) is 24.3 Å². The van der Waals surface area contributed by atoms with E-state index in [0.29, 0.717) is 11.8 Å². The van der Waals surface area contributed by atoms with Crippen LogP contribution in [-0.2, 0) is 0 Å². The minimum atomic E-state index is 0.308. The van der Waals surface area contributed by atoms with Crippen LogP contribution in [-0.4, -0.2) is 36.2 Å². The molecule has 3 heteroatoms. The Bertz CT molecular complexity index is 392. The van der Waals surface area contributed by atoms with Crippen LogP contribution in [0, 0.1) is 6.92 Å². The molecule has 0 amide bonds. The molecule has 0 aromatic heterocycles. The number of nitrogens with zero attached hydrogens (tertiary/aromatic N) is 1. The lowest BCUT2D eigenvalue weighted by molar-refractivity contribution is 0.153. The Kier molecular flexibility index (Phi) is 4.48. The monoisotopic (exact) mass is 249 g/mol. The molecule has 0 saturated carbocycles. The summed E-state index contributed by atoms with van der Waals surface area (Å²) in [6, 6.07) is 6.08. The SMILES string of the molecule is Cc1c(O)cccc1OCCC1CCCCN1C. The van der Waals surface area contributed by atoms with Crippen molar-refractivity contribution in [1.82, 2.24) is 4.90 Å². The van der Waals surface area contributed by atoms with Gasteiger partial charge in [-0.25, -0.2) is 0 Å². The number of phenols is 1. The lowest BCUT2D eigenvalue weighted by atomic mass is 10.0. The predicted octanol–water partition coefficient (Wildman–Crippen LogP) is 2.95. The third-order valence-corrected chi connectivity index (χ3v) is 3.89. The van der Waals surface area contributed by atoms with Gasteiger partial charge in [-0.3, -0.25) is 0 Å². The molecular weight excluding hydrogens is 226 g/mol. The van der Waals surface area contributed by atoms with Gasteiger partial charge in [0.1, 0.15) is 11.5 Å². The molecule has 1 heterocycles. The van der Waals surface area contributed by atoms with E-state index in [1.807, 2.05) is 19.1 Å². The number of rotatable bonds is 4. The first-order valence-electron chi connectivity index (χ1n) is 6.80. The zero-order valence-electron chi connectivity index (χ0n) is 11.4. The first-order valence-corrected chi connectivity index (χ1v) is 6.80. The second-order valence-corrected chi connectivity index (χ2v) is 5.17. The van der Waals surface area contributed by atoms with Gasteiger partial charge >= 0.3 is 0 Å². The minimum Gasteiger partial charge on any atom is -0.508 e. The summed E-state index contributed by atoms with van der Waals surface area (Å²) in [5, 5.41) is 9.60. The van der Waals surface area contributed by atoms with Crippen LogP contribution in [0.25, 0.3) is 0 Å². The Hall–Kier alpha value is -1.22. The molecule has 100 valence electrons. The van der Waals surface area contributed by atoms with E-state index in [2.05, 4.69) is 11.9 Å². The van der Waals surface area contributed by atoms with Gasteiger partial charge in [0.15, 0.2) is 0 Å². The second-order valence-electron chi connectivity index (χ2n) is 5.17. The average Bonchev–Trinajstić information content (AvgIpc) is 2.37. The number of benzene rings is 1. The lowest BCUT2D eigenvalue weighted by Crippen LogP contribution is -2.37. The normalized spacial score (nSPS) is 20.9. The minimum absolute atomic E-state index is 0.308. The third kappa shape index (κ3) is 3.16. The van der Waals surface area contributed by atoms with Crippen molar-refractivity contribution in [2.75, 3.05) is 20.2 Å². The molecule has 1 fully saturated rings. The number of ether oxygens (including phenoxy) is 1. The second kappa shape index (κ2) is 6.10. The van der Waals surface area contributed by atoms with E-state index >= 15 is 0 Å². The van der Waals surface area contributed by atoms with Crippen molar-refractivity contribution in [1.29, 1.82) is 0 Å². The number of piperidine rings is 1. The topological polar surface area (TPSA) is 32.7 Å². The average molecular weight is 249 g/mol. The van der Waals surface area contributed by atoms with Crippen LogP contribution in [0.5, 0.6) is 11.5 Å². The van der Waals surface area contributed by atoms with Crippen molar-refractivity contribution in [3.63, 3.8) is 0 Å². The number of hydrogen-bond acceptors (Lipinski definition) is 3. The predicted molar refractivity (Wildman–Crippen MR) is 73.2 cm³/mol. The molecule has 0 spiro atoms. The van der Waals surface area contributed by atoms with E-state index in [-0.39, 0.29) is 0 Å². The van der Waals surface area contributed by atoms with Crippen LogP contribution in [0.2, 0.25) is 0 Å². The molecule has 2 rings (SSSR count). The fraction of sp³-hybridized carbons (Fsp3) is 0.600. The first kappa shape index (κ1) is 13.2. The van der Waals surface area contributed by atoms with Crippen LogP contribution >= 0.6 is 0 Å². The van der Waals surface area contributed by atoms with Gasteiger partial charge in [0, 0.05) is 11.6 Å². The van der Waals surface area contributed by atoms with Gasteiger partial charge in [-0.2, -0.15) is 0 Å². The molecule has 1 saturated heterocycles. The lowest BCUT2D eigenvalue weighted by Gasteiger charge is -2.32. The summed E-state index contributed by atoms with van der Waals surface area (Å²) in [5.41, 5.74) is 0.828. The fourth-order valence-corrected chi connectivity index (χ4v) is 2.57. The highest BCUT2D eigenvalue weighted by Gasteiger charge is 2.18. The molecule has 1 atom stereocenters. The Morgan fingerprint density at radius 1 is 1.39 bits per heavy atom. The Morgan fingerprint density at radius 3 is 3.00 bits per heavy atom. The smallest absolute Gasteiger partial charge is 0.125 e. The standard InChI is InChI=1S/C15H23NO2/c1-12-14(17)7-5-8-15(12)18-11-9-13-6-3-4-10-16(13)2/h5,7-8,13,17H,3-4,6,9-11H2,1-2H3. The van der Waals surface area contributed by atoms with Crippen LogP contribution < -0.4 is 4.74 Å². The van der Waals surface area contributed by atoms with E-state index in [1.54, 1.807) is 6.07 Å². The van der Waals surface area contributed by atoms with Gasteiger partial charge in [-0.1, -0.05) is 12.5 Å². The van der Waals surface area contributed by atoms with E-state index in [9.17, 15) is 5.11 Å². The Balaban J connectivity index is 1.83. The molecule has 0 radical (unpaired) electrons. The van der Waals surface area contributed by atoms with Crippen molar-refractivity contribution in [2.45, 2.75) is 38.6 Å². The van der Waals surface area contributed by atoms with Gasteiger partial charge in [-0.15, -0.1) is 0 Å². The summed E-state index contributed by atoms with van der Waals surface area (Å²) in [5.74, 6) is 1.11. The van der Waals surface area contributed by atoms with Crippen LogP contribution in [0.15, 0.2) is 18.2 Å². The maximum Gasteiger partial charge on any atom is 0.125 e. The van der Waals surface area contributed by atoms with Crippen molar-refractivity contribution >= 4 is 0 Å². The molecule has 18 heavy (non-hydrogen) atoms. The zero-order valence-corrected chi connectivity index (χ0v) is 11.4. The first-order chi connectivity index (χ1) is 8.68. The highest BCUT2D eigenvalue weighted by atomic mass is 16.5. The van der Waals surface area contributed by atoms with E-state index in [1.165, 1.54) is 25.8 Å². The van der Waals surface area contributed by atoms with Gasteiger partial charge < -0.3 is 14.7 Å². The largest absolute Gasteiger partial charge is 0.508 e. The maximum atomic E-state index is 9.60. The van der Waals surface area contributed by atoms with Crippen LogP contribution in [0.1, 0.15) is 31.2 Å². The van der Waals surface area contributed by atoms with E-state index in [4.69, 9.17) is 4.74 Å². The number of phenolic OH excluding ortho intramolecular Hbond substituents is 1. The number of hydrogen-bond donors (Lipinski definition) is 1. The number of aromatic hydroxyl groups is 1. The molecule has 1 aliphatic heterocycles. The van der Waals surface area contributed by atoms with Crippen molar-refractivity contribution in [2.24, 2.45) is 0 Å². The molecule has 1 aromatic carbocycles. The van der Waals surface area contributed by atoms with Gasteiger partial charge in [0.2, 0.25) is 0 Å². The molecule has 1 unspecified atom stereocenters. The van der Waals surface area contributed by atoms with Crippen molar-refractivity contribution in [3.05, 3.63) is 23.8 Å². The molecule has 1 aliphatic rings. The molecule has 1 N–H and O–H groups in total. The molecule has 1 aromatic rings. The highest BCUT2D eigenvalue weighted by Crippen LogP contribution is 2.26. The van der Waals surface area contributed by atoms with Crippen LogP contribution in [0.4, 0.5) is 0 Å². The Morgan fingerprint density at radius 2 is 2.22 bits per heavy atom. The summed E-state index contributed by atoms with van der Waals surface area (Å²) in [6.45, 7) is 3.81. The van der Waals surface area contributed by atoms with Crippen molar-refractivity contribution in [3.8, 4) is 11.5 Å². The third-order valence-electron chi connectivity index (χ3n) is 3.89. The van der Waals surface area contributed by atoms with E-state index < -0.39 is 0 Å². The maximum absolute atomic E-state index is 9.60. The summed E-state index contributed by atoms with van der Waals surface area (Å²) < 4.78 is 5.78. The van der Waals surface area contributed by atoms with Crippen LogP contribution in [0.3, 0.4) is 0 Å². The van der Waals surface area contributed by atoms with Crippen molar-refractivity contribution < 1.29 is 9.84 Å². The summed E-state index contributed by atoms with van der Waals surface area (Å²) in [6.07, 6.45) is 4.99. The summed E-state index contributed by atoms with van der Waals surface area (Å²) in [7, 11) is 2.20. The van der Waals surface area contributed by atoms with Gasteiger partial charge in [-0.05, 0) is 51.9 Å². The molecule has 3 nitrogen and oxygen atoms in total. The van der Waals surface area contributed by atoms with Gasteiger partial charge in [0.05, 0.1) is 6.61 Å². The molecular formula is C15H23NO2. The molecule has 0 bridgehead atoms. The highest BCUT2D eigenvalue weighted by molar-refractivity contribution is 5.42. The summed E-state index contributed by atoms with van der Waals surface area (Å²) >= 11 is 0.